The topological polar surface area (TPSA) is 12.0 Å². The Kier molecular flexibility index (Phi) is 6.33. The van der Waals surface area contributed by atoms with Crippen molar-refractivity contribution in [2.75, 3.05) is 13.1 Å². The Labute approximate surface area is 123 Å². The third-order valence-corrected chi connectivity index (χ3v) is 3.59. The van der Waals surface area contributed by atoms with Crippen LogP contribution in [0, 0.1) is 5.92 Å². The highest BCUT2D eigenvalue weighted by Gasteiger charge is 2.10. The lowest BCUT2D eigenvalue weighted by Gasteiger charge is -2.18. The summed E-state index contributed by atoms with van der Waals surface area (Å²) in [6.45, 7) is 4.42. The van der Waals surface area contributed by atoms with Gasteiger partial charge in [0.2, 0.25) is 0 Å². The van der Waals surface area contributed by atoms with Crippen LogP contribution in [-0.2, 0) is 12.8 Å². The molecular formula is C19H25N. The molecule has 0 atom stereocenters. The van der Waals surface area contributed by atoms with E-state index in [9.17, 15) is 0 Å². The van der Waals surface area contributed by atoms with E-state index in [4.69, 9.17) is 0 Å². The van der Waals surface area contributed by atoms with Crippen molar-refractivity contribution >= 4 is 0 Å². The molecule has 0 spiro atoms. The molecular weight excluding hydrogens is 242 g/mol. The molecule has 0 heterocycles. The maximum atomic E-state index is 3.58. The Hall–Kier alpha value is -1.60. The minimum absolute atomic E-state index is 0.659. The van der Waals surface area contributed by atoms with Crippen molar-refractivity contribution < 1.29 is 0 Å². The highest BCUT2D eigenvalue weighted by molar-refractivity contribution is 5.18. The van der Waals surface area contributed by atoms with E-state index in [1.807, 2.05) is 0 Å². The molecule has 2 rings (SSSR count). The first-order chi connectivity index (χ1) is 9.88. The Bertz CT molecular complexity index is 422. The van der Waals surface area contributed by atoms with Crippen LogP contribution < -0.4 is 5.32 Å². The summed E-state index contributed by atoms with van der Waals surface area (Å²) < 4.78 is 0. The highest BCUT2D eigenvalue weighted by Crippen LogP contribution is 2.14. The van der Waals surface area contributed by atoms with Crippen molar-refractivity contribution in [2.45, 2.75) is 26.2 Å². The molecule has 0 aliphatic rings. The predicted molar refractivity (Wildman–Crippen MR) is 86.9 cm³/mol. The SMILES string of the molecule is CCCNCC(Cc1ccccc1)Cc1ccccc1. The Morgan fingerprint density at radius 1 is 0.800 bits per heavy atom. The quantitative estimate of drug-likeness (QED) is 0.710. The predicted octanol–water partition coefficient (Wildman–Crippen LogP) is 4.09. The van der Waals surface area contributed by atoms with Crippen LogP contribution in [0.4, 0.5) is 0 Å². The van der Waals surface area contributed by atoms with Crippen LogP contribution in [0.5, 0.6) is 0 Å². The summed E-state index contributed by atoms with van der Waals surface area (Å²) in [5.41, 5.74) is 2.87. The van der Waals surface area contributed by atoms with Crippen LogP contribution in [0.3, 0.4) is 0 Å². The number of benzene rings is 2. The molecule has 2 aromatic carbocycles. The largest absolute Gasteiger partial charge is 0.316 e. The van der Waals surface area contributed by atoms with Gasteiger partial charge in [0.05, 0.1) is 0 Å². The van der Waals surface area contributed by atoms with Crippen LogP contribution in [0.1, 0.15) is 24.5 Å². The van der Waals surface area contributed by atoms with Crippen LogP contribution in [0.15, 0.2) is 60.7 Å². The Morgan fingerprint density at radius 2 is 1.30 bits per heavy atom. The van der Waals surface area contributed by atoms with Gasteiger partial charge in [-0.15, -0.1) is 0 Å². The van der Waals surface area contributed by atoms with E-state index in [0.29, 0.717) is 5.92 Å². The normalized spacial score (nSPS) is 10.9. The Morgan fingerprint density at radius 3 is 1.75 bits per heavy atom. The average molecular weight is 267 g/mol. The monoisotopic (exact) mass is 267 g/mol. The molecule has 0 fully saturated rings. The molecule has 2 aromatic rings. The van der Waals surface area contributed by atoms with E-state index in [1.54, 1.807) is 0 Å². The van der Waals surface area contributed by atoms with Gasteiger partial charge in [0.1, 0.15) is 0 Å². The van der Waals surface area contributed by atoms with Crippen LogP contribution in [0.2, 0.25) is 0 Å². The minimum atomic E-state index is 0.659. The molecule has 0 aliphatic heterocycles. The zero-order valence-corrected chi connectivity index (χ0v) is 12.4. The van der Waals surface area contributed by atoms with Crippen molar-refractivity contribution in [3.63, 3.8) is 0 Å². The van der Waals surface area contributed by atoms with Gasteiger partial charge in [-0.25, -0.2) is 0 Å². The maximum Gasteiger partial charge on any atom is -0.00142 e. The zero-order valence-electron chi connectivity index (χ0n) is 12.4. The third kappa shape index (κ3) is 5.18. The summed E-state index contributed by atoms with van der Waals surface area (Å²) in [5.74, 6) is 0.659. The molecule has 0 unspecified atom stereocenters. The molecule has 0 saturated heterocycles. The van der Waals surface area contributed by atoms with Crippen LogP contribution in [-0.4, -0.2) is 13.1 Å². The molecule has 0 amide bonds. The summed E-state index contributed by atoms with van der Waals surface area (Å²) in [4.78, 5) is 0. The second kappa shape index (κ2) is 8.55. The molecule has 20 heavy (non-hydrogen) atoms. The standard InChI is InChI=1S/C19H25N/c1-2-13-20-16-19(14-17-9-5-3-6-10-17)15-18-11-7-4-8-12-18/h3-12,19-20H,2,13-16H2,1H3. The van der Waals surface area contributed by atoms with Gasteiger partial charge in [0.25, 0.3) is 0 Å². The van der Waals surface area contributed by atoms with E-state index in [-0.39, 0.29) is 0 Å². The number of nitrogens with one attached hydrogen (secondary N) is 1. The molecule has 0 saturated carbocycles. The summed E-state index contributed by atoms with van der Waals surface area (Å²) in [7, 11) is 0. The van der Waals surface area contributed by atoms with Gasteiger partial charge in [0.15, 0.2) is 0 Å². The first-order valence-corrected chi connectivity index (χ1v) is 7.67. The van der Waals surface area contributed by atoms with Crippen LogP contribution >= 0.6 is 0 Å². The van der Waals surface area contributed by atoms with Crippen molar-refractivity contribution in [1.29, 1.82) is 0 Å². The van der Waals surface area contributed by atoms with Crippen molar-refractivity contribution in [3.05, 3.63) is 71.8 Å². The molecule has 1 nitrogen and oxygen atoms in total. The van der Waals surface area contributed by atoms with Gasteiger partial charge < -0.3 is 5.32 Å². The van der Waals surface area contributed by atoms with Crippen molar-refractivity contribution in [3.8, 4) is 0 Å². The fourth-order valence-electron chi connectivity index (χ4n) is 2.59. The van der Waals surface area contributed by atoms with E-state index in [1.165, 1.54) is 17.5 Å². The summed E-state index contributed by atoms with van der Waals surface area (Å²) in [6, 6.07) is 21.6. The van der Waals surface area contributed by atoms with Crippen molar-refractivity contribution in [1.82, 2.24) is 5.32 Å². The van der Waals surface area contributed by atoms with Gasteiger partial charge in [0, 0.05) is 0 Å². The van der Waals surface area contributed by atoms with E-state index < -0.39 is 0 Å². The number of hydrogen-bond acceptors (Lipinski definition) is 1. The summed E-state index contributed by atoms with van der Waals surface area (Å²) in [5, 5.41) is 3.58. The van der Waals surface area contributed by atoms with E-state index >= 15 is 0 Å². The number of hydrogen-bond donors (Lipinski definition) is 1. The molecule has 0 aliphatic carbocycles. The lowest BCUT2D eigenvalue weighted by Crippen LogP contribution is -2.26. The second-order valence-corrected chi connectivity index (χ2v) is 5.45. The highest BCUT2D eigenvalue weighted by atomic mass is 14.8. The third-order valence-electron chi connectivity index (χ3n) is 3.59. The van der Waals surface area contributed by atoms with E-state index in [0.717, 1.165) is 25.9 Å². The van der Waals surface area contributed by atoms with Gasteiger partial charge in [-0.1, -0.05) is 67.6 Å². The lowest BCUT2D eigenvalue weighted by atomic mass is 9.92. The molecule has 0 radical (unpaired) electrons. The first kappa shape index (κ1) is 14.8. The molecule has 0 aromatic heterocycles. The first-order valence-electron chi connectivity index (χ1n) is 7.67. The zero-order chi connectivity index (χ0) is 14.0. The van der Waals surface area contributed by atoms with E-state index in [2.05, 4.69) is 72.9 Å². The fourth-order valence-corrected chi connectivity index (χ4v) is 2.59. The number of rotatable bonds is 8. The van der Waals surface area contributed by atoms with Gasteiger partial charge in [-0.05, 0) is 49.4 Å². The van der Waals surface area contributed by atoms with Gasteiger partial charge >= 0.3 is 0 Å². The maximum absolute atomic E-state index is 3.58. The molecule has 1 heteroatoms. The molecule has 0 bridgehead atoms. The minimum Gasteiger partial charge on any atom is -0.316 e. The van der Waals surface area contributed by atoms with Crippen LogP contribution in [0.25, 0.3) is 0 Å². The Balaban J connectivity index is 1.96. The molecule has 106 valence electrons. The van der Waals surface area contributed by atoms with Gasteiger partial charge in [-0.2, -0.15) is 0 Å². The second-order valence-electron chi connectivity index (χ2n) is 5.45. The fraction of sp³-hybridized carbons (Fsp3) is 0.368. The smallest absolute Gasteiger partial charge is 0.00142 e. The molecule has 1 N–H and O–H groups in total. The van der Waals surface area contributed by atoms with Crippen molar-refractivity contribution in [2.24, 2.45) is 5.92 Å². The summed E-state index contributed by atoms with van der Waals surface area (Å²) >= 11 is 0. The lowest BCUT2D eigenvalue weighted by molar-refractivity contribution is 0.471. The van der Waals surface area contributed by atoms with Gasteiger partial charge in [-0.3, -0.25) is 0 Å². The summed E-state index contributed by atoms with van der Waals surface area (Å²) in [6.07, 6.45) is 3.49. The average Bonchev–Trinajstić information content (AvgIpc) is 2.49.